The Labute approximate surface area is 140 Å². The molecule has 9 heteroatoms. The van der Waals surface area contributed by atoms with E-state index in [-0.39, 0.29) is 37.2 Å². The molecule has 4 N–H and O–H groups in total. The molecule has 1 fully saturated rings. The van der Waals surface area contributed by atoms with Gasteiger partial charge in [-0.15, -0.1) is 12.4 Å². The summed E-state index contributed by atoms with van der Waals surface area (Å²) in [5.74, 6) is -0.113. The van der Waals surface area contributed by atoms with Gasteiger partial charge < -0.3 is 16.4 Å². The van der Waals surface area contributed by atoms with Gasteiger partial charge in [0.2, 0.25) is 5.91 Å². The van der Waals surface area contributed by atoms with Crippen molar-refractivity contribution in [1.82, 2.24) is 15.2 Å². The fourth-order valence-electron chi connectivity index (χ4n) is 2.12. The smallest absolute Gasteiger partial charge is 0.325 e. The number of hydrogen-bond donors (Lipinski definition) is 3. The van der Waals surface area contributed by atoms with Gasteiger partial charge in [0.15, 0.2) is 0 Å². The summed E-state index contributed by atoms with van der Waals surface area (Å²) in [7, 11) is 0. The molecule has 2 rings (SSSR count). The van der Waals surface area contributed by atoms with E-state index in [2.05, 4.69) is 15.6 Å². The molecule has 0 radical (unpaired) electrons. The summed E-state index contributed by atoms with van der Waals surface area (Å²) in [4.78, 5) is 40.4. The van der Waals surface area contributed by atoms with Crippen LogP contribution in [-0.4, -0.2) is 39.8 Å². The number of nitrogens with zero attached hydrogens (tertiary/aromatic N) is 2. The van der Waals surface area contributed by atoms with Gasteiger partial charge in [-0.2, -0.15) is 0 Å². The van der Waals surface area contributed by atoms with Crippen molar-refractivity contribution in [2.75, 3.05) is 17.6 Å². The Hall–Kier alpha value is -2.35. The van der Waals surface area contributed by atoms with Crippen LogP contribution in [0, 0.1) is 0 Å². The highest BCUT2D eigenvalue weighted by Crippen LogP contribution is 2.17. The highest BCUT2D eigenvalue weighted by molar-refractivity contribution is 6.06. The summed E-state index contributed by atoms with van der Waals surface area (Å²) in [6.45, 7) is 3.50. The van der Waals surface area contributed by atoms with Gasteiger partial charge in [0, 0.05) is 13.0 Å². The zero-order valence-corrected chi connectivity index (χ0v) is 13.8. The van der Waals surface area contributed by atoms with Crippen molar-refractivity contribution in [2.45, 2.75) is 32.2 Å². The summed E-state index contributed by atoms with van der Waals surface area (Å²) in [5, 5.41) is 5.27. The second-order valence-electron chi connectivity index (χ2n) is 5.64. The van der Waals surface area contributed by atoms with Gasteiger partial charge in [-0.05, 0) is 32.4 Å². The van der Waals surface area contributed by atoms with Crippen LogP contribution in [0.1, 0.15) is 26.7 Å². The number of rotatable bonds is 5. The molecule has 1 saturated heterocycles. The molecule has 1 aromatic rings. The summed E-state index contributed by atoms with van der Waals surface area (Å²) < 4.78 is 0. The Morgan fingerprint density at radius 1 is 1.39 bits per heavy atom. The van der Waals surface area contributed by atoms with E-state index >= 15 is 0 Å². The van der Waals surface area contributed by atoms with Gasteiger partial charge in [0.25, 0.3) is 5.91 Å². The standard InChI is InChI=1S/C14H19N5O3.ClH/c1-14(2)12(21)19(13(22)18-14)7-3-4-11(20)17-9-5-6-10(15)16-8-9;/h5-6,8H,3-4,7H2,1-2H3,(H2,15,16)(H,17,20)(H,18,22);1H. The zero-order chi connectivity index (χ0) is 16.3. The van der Waals surface area contributed by atoms with Crippen LogP contribution in [0.2, 0.25) is 0 Å². The van der Waals surface area contributed by atoms with Crippen molar-refractivity contribution in [1.29, 1.82) is 0 Å². The molecule has 0 unspecified atom stereocenters. The molecule has 0 aromatic carbocycles. The van der Waals surface area contributed by atoms with E-state index in [1.165, 1.54) is 6.20 Å². The van der Waals surface area contributed by atoms with E-state index in [4.69, 9.17) is 5.73 Å². The minimum atomic E-state index is -0.880. The lowest BCUT2D eigenvalue weighted by Gasteiger charge is -2.15. The second kappa shape index (κ2) is 7.28. The van der Waals surface area contributed by atoms with E-state index in [1.807, 2.05) is 0 Å². The number of amides is 4. The Kier molecular flexibility index (Phi) is 5.91. The second-order valence-corrected chi connectivity index (χ2v) is 5.64. The van der Waals surface area contributed by atoms with Crippen LogP contribution in [0.5, 0.6) is 0 Å². The van der Waals surface area contributed by atoms with E-state index in [9.17, 15) is 14.4 Å². The minimum absolute atomic E-state index is 0. The van der Waals surface area contributed by atoms with Gasteiger partial charge in [0.1, 0.15) is 11.4 Å². The monoisotopic (exact) mass is 341 g/mol. The van der Waals surface area contributed by atoms with Gasteiger partial charge in [-0.1, -0.05) is 0 Å². The quantitative estimate of drug-likeness (QED) is 0.694. The van der Waals surface area contributed by atoms with Gasteiger partial charge in [-0.3, -0.25) is 14.5 Å². The number of hydrogen-bond acceptors (Lipinski definition) is 5. The topological polar surface area (TPSA) is 117 Å². The normalized spacial score (nSPS) is 15.8. The molecule has 126 valence electrons. The maximum absolute atomic E-state index is 12.0. The molecular weight excluding hydrogens is 322 g/mol. The van der Waals surface area contributed by atoms with Crippen LogP contribution < -0.4 is 16.4 Å². The average molecular weight is 342 g/mol. The van der Waals surface area contributed by atoms with Crippen LogP contribution in [0.25, 0.3) is 0 Å². The highest BCUT2D eigenvalue weighted by Gasteiger charge is 2.43. The molecule has 8 nitrogen and oxygen atoms in total. The predicted molar refractivity (Wildman–Crippen MR) is 88.1 cm³/mol. The summed E-state index contributed by atoms with van der Waals surface area (Å²) in [5.41, 5.74) is 5.13. The van der Waals surface area contributed by atoms with Crippen LogP contribution >= 0.6 is 12.4 Å². The summed E-state index contributed by atoms with van der Waals surface area (Å²) in [6, 6.07) is 2.82. The van der Waals surface area contributed by atoms with Crippen LogP contribution in [0.3, 0.4) is 0 Å². The third-order valence-electron chi connectivity index (χ3n) is 3.30. The molecule has 0 saturated carbocycles. The number of halogens is 1. The minimum Gasteiger partial charge on any atom is -0.384 e. The number of nitrogens with one attached hydrogen (secondary N) is 2. The first-order valence-corrected chi connectivity index (χ1v) is 6.95. The van der Waals surface area contributed by atoms with Crippen molar-refractivity contribution < 1.29 is 14.4 Å². The number of carbonyl (C=O) groups excluding carboxylic acids is 3. The maximum atomic E-state index is 12.0. The molecule has 1 aliphatic rings. The fourth-order valence-corrected chi connectivity index (χ4v) is 2.12. The Balaban J connectivity index is 0.00000264. The van der Waals surface area contributed by atoms with Gasteiger partial charge >= 0.3 is 6.03 Å². The molecule has 1 aliphatic heterocycles. The molecule has 2 heterocycles. The lowest BCUT2D eigenvalue weighted by atomic mass is 10.1. The SMILES string of the molecule is CC1(C)NC(=O)N(CCCC(=O)Nc2ccc(N)nc2)C1=O.Cl. The molecule has 0 bridgehead atoms. The number of pyridine rings is 1. The van der Waals surface area contributed by atoms with E-state index in [0.29, 0.717) is 17.9 Å². The Morgan fingerprint density at radius 2 is 2.09 bits per heavy atom. The largest absolute Gasteiger partial charge is 0.384 e. The number of carbonyl (C=O) groups is 3. The van der Waals surface area contributed by atoms with Crippen molar-refractivity contribution >= 4 is 41.8 Å². The highest BCUT2D eigenvalue weighted by atomic mass is 35.5. The van der Waals surface area contributed by atoms with E-state index in [1.54, 1.807) is 26.0 Å². The van der Waals surface area contributed by atoms with Crippen molar-refractivity contribution in [3.8, 4) is 0 Å². The average Bonchev–Trinajstić information content (AvgIpc) is 2.63. The molecule has 23 heavy (non-hydrogen) atoms. The van der Waals surface area contributed by atoms with Gasteiger partial charge in [-0.25, -0.2) is 9.78 Å². The first-order valence-electron chi connectivity index (χ1n) is 6.95. The number of aromatic nitrogens is 1. The molecule has 0 aliphatic carbocycles. The molecular formula is C14H20ClN5O3. The van der Waals surface area contributed by atoms with Crippen molar-refractivity contribution in [2.24, 2.45) is 0 Å². The maximum Gasteiger partial charge on any atom is 0.325 e. The van der Waals surface area contributed by atoms with Crippen molar-refractivity contribution in [3.63, 3.8) is 0 Å². The number of imide groups is 1. The number of nitrogen functional groups attached to an aromatic ring is 1. The number of nitrogens with two attached hydrogens (primary N) is 1. The third kappa shape index (κ3) is 4.56. The lowest BCUT2D eigenvalue weighted by Crippen LogP contribution is -2.40. The van der Waals surface area contributed by atoms with E-state index < -0.39 is 11.6 Å². The van der Waals surface area contributed by atoms with E-state index in [0.717, 1.165) is 4.90 Å². The molecule has 4 amide bonds. The summed E-state index contributed by atoms with van der Waals surface area (Å²) >= 11 is 0. The van der Waals surface area contributed by atoms with Gasteiger partial charge in [0.05, 0.1) is 11.9 Å². The third-order valence-corrected chi connectivity index (χ3v) is 3.30. The lowest BCUT2D eigenvalue weighted by molar-refractivity contribution is -0.130. The van der Waals surface area contributed by atoms with Crippen LogP contribution in [0.4, 0.5) is 16.3 Å². The summed E-state index contributed by atoms with van der Waals surface area (Å²) in [6.07, 6.45) is 2.05. The zero-order valence-electron chi connectivity index (χ0n) is 13.0. The predicted octanol–water partition coefficient (Wildman–Crippen LogP) is 1.13. The van der Waals surface area contributed by atoms with Crippen LogP contribution in [0.15, 0.2) is 18.3 Å². The fraction of sp³-hybridized carbons (Fsp3) is 0.429. The number of anilines is 2. The Morgan fingerprint density at radius 3 is 2.61 bits per heavy atom. The van der Waals surface area contributed by atoms with Crippen LogP contribution in [-0.2, 0) is 9.59 Å². The molecule has 0 atom stereocenters. The molecule has 1 aromatic heterocycles. The first-order chi connectivity index (χ1) is 10.3. The Bertz CT molecular complexity index is 603. The van der Waals surface area contributed by atoms with Crippen molar-refractivity contribution in [3.05, 3.63) is 18.3 Å². The molecule has 0 spiro atoms. The first kappa shape index (κ1) is 18.7. The number of urea groups is 1.